The molecule has 3 aliphatic rings. The van der Waals surface area contributed by atoms with Gasteiger partial charge in [-0.25, -0.2) is 4.98 Å². The number of hydrogen-bond donors (Lipinski definition) is 1. The molecule has 0 unspecified atom stereocenters. The van der Waals surface area contributed by atoms with Crippen LogP contribution in [0.5, 0.6) is 0 Å². The number of nitrogens with zero attached hydrogens (tertiary/aromatic N) is 3. The standard InChI is InChI=1S/C15H20N4O2S/c1-9-12-11(19(13(9)20)15-17-6-8-22-15)4-7-18(12)14(21)10-3-2-5-16-10/h6,8-12,16H,2-5,7H2,1H3/t9-,10-,11-,12+/m0/s1. The molecule has 4 rings (SSSR count). The number of hydrogen-bond acceptors (Lipinski definition) is 5. The minimum absolute atomic E-state index is 0.00806. The first kappa shape index (κ1) is 14.1. The number of fused-ring (bicyclic) bond motifs is 1. The van der Waals surface area contributed by atoms with Crippen molar-refractivity contribution >= 4 is 28.3 Å². The van der Waals surface area contributed by atoms with Crippen LogP contribution in [0.4, 0.5) is 5.13 Å². The Kier molecular flexibility index (Phi) is 3.41. The lowest BCUT2D eigenvalue weighted by atomic mass is 10.0. The van der Waals surface area contributed by atoms with Gasteiger partial charge in [-0.3, -0.25) is 14.5 Å². The second-order valence-corrected chi connectivity index (χ2v) is 7.21. The number of nitrogens with one attached hydrogen (secondary N) is 1. The number of likely N-dealkylation sites (tertiary alicyclic amines) is 1. The minimum Gasteiger partial charge on any atom is -0.335 e. The maximum absolute atomic E-state index is 12.8. The van der Waals surface area contributed by atoms with Crippen LogP contribution in [0.1, 0.15) is 26.2 Å². The van der Waals surface area contributed by atoms with E-state index in [0.29, 0.717) is 0 Å². The second-order valence-electron chi connectivity index (χ2n) is 6.34. The van der Waals surface area contributed by atoms with E-state index in [4.69, 9.17) is 0 Å². The van der Waals surface area contributed by atoms with Crippen LogP contribution in [0.25, 0.3) is 0 Å². The smallest absolute Gasteiger partial charge is 0.240 e. The Morgan fingerprint density at radius 2 is 2.32 bits per heavy atom. The fourth-order valence-corrected chi connectivity index (χ4v) is 4.84. The van der Waals surface area contributed by atoms with Gasteiger partial charge in [0, 0.05) is 18.1 Å². The summed E-state index contributed by atoms with van der Waals surface area (Å²) >= 11 is 1.49. The van der Waals surface area contributed by atoms with Crippen LogP contribution in [0, 0.1) is 5.92 Å². The van der Waals surface area contributed by atoms with E-state index in [9.17, 15) is 9.59 Å². The first-order valence-electron chi connectivity index (χ1n) is 7.95. The van der Waals surface area contributed by atoms with Crippen molar-refractivity contribution < 1.29 is 9.59 Å². The van der Waals surface area contributed by atoms with Crippen LogP contribution in [0.2, 0.25) is 0 Å². The molecule has 1 aromatic rings. The molecule has 0 spiro atoms. The molecule has 22 heavy (non-hydrogen) atoms. The highest BCUT2D eigenvalue weighted by molar-refractivity contribution is 7.13. The summed E-state index contributed by atoms with van der Waals surface area (Å²) in [5.41, 5.74) is 0. The third-order valence-corrected chi connectivity index (χ3v) is 5.93. The predicted molar refractivity (Wildman–Crippen MR) is 83.7 cm³/mol. The largest absolute Gasteiger partial charge is 0.335 e. The van der Waals surface area contributed by atoms with Gasteiger partial charge < -0.3 is 10.2 Å². The summed E-state index contributed by atoms with van der Waals surface area (Å²) < 4.78 is 0. The average molecular weight is 320 g/mol. The van der Waals surface area contributed by atoms with E-state index in [1.165, 1.54) is 11.3 Å². The molecule has 0 aliphatic carbocycles. The van der Waals surface area contributed by atoms with Gasteiger partial charge in [-0.05, 0) is 25.8 Å². The Morgan fingerprint density at radius 3 is 3.00 bits per heavy atom. The molecule has 4 atom stereocenters. The maximum Gasteiger partial charge on any atom is 0.240 e. The molecule has 0 saturated carbocycles. The molecule has 6 nitrogen and oxygen atoms in total. The van der Waals surface area contributed by atoms with Gasteiger partial charge in [0.15, 0.2) is 5.13 Å². The summed E-state index contributed by atoms with van der Waals surface area (Å²) in [6, 6.07) is 0.0141. The number of rotatable bonds is 2. The maximum atomic E-state index is 12.8. The van der Waals surface area contributed by atoms with Gasteiger partial charge in [0.1, 0.15) is 0 Å². The van der Waals surface area contributed by atoms with Crippen molar-refractivity contribution in [2.75, 3.05) is 18.0 Å². The highest BCUT2D eigenvalue weighted by Gasteiger charge is 2.54. The van der Waals surface area contributed by atoms with E-state index >= 15 is 0 Å². The molecular weight excluding hydrogens is 300 g/mol. The third-order valence-electron chi connectivity index (χ3n) is 5.16. The van der Waals surface area contributed by atoms with E-state index in [1.54, 1.807) is 6.20 Å². The normalized spacial score (nSPS) is 34.5. The summed E-state index contributed by atoms with van der Waals surface area (Å²) in [5.74, 6) is 0.120. The van der Waals surface area contributed by atoms with Crippen molar-refractivity contribution in [2.45, 2.75) is 44.3 Å². The van der Waals surface area contributed by atoms with Crippen molar-refractivity contribution in [3.63, 3.8) is 0 Å². The van der Waals surface area contributed by atoms with Crippen molar-refractivity contribution in [1.82, 2.24) is 15.2 Å². The Morgan fingerprint density at radius 1 is 1.45 bits per heavy atom. The van der Waals surface area contributed by atoms with Gasteiger partial charge in [0.25, 0.3) is 0 Å². The molecular formula is C15H20N4O2S. The van der Waals surface area contributed by atoms with Gasteiger partial charge in [-0.2, -0.15) is 0 Å². The fraction of sp³-hybridized carbons (Fsp3) is 0.667. The number of thiazole rings is 1. The molecule has 2 amide bonds. The van der Waals surface area contributed by atoms with Crippen LogP contribution in [0.15, 0.2) is 11.6 Å². The van der Waals surface area contributed by atoms with Crippen molar-refractivity contribution in [1.29, 1.82) is 0 Å². The van der Waals surface area contributed by atoms with Crippen LogP contribution < -0.4 is 10.2 Å². The van der Waals surface area contributed by atoms with Crippen LogP contribution in [-0.2, 0) is 9.59 Å². The van der Waals surface area contributed by atoms with E-state index in [0.717, 1.165) is 37.5 Å². The molecule has 0 bridgehead atoms. The summed E-state index contributed by atoms with van der Waals surface area (Å²) in [7, 11) is 0. The minimum atomic E-state index is -0.151. The number of anilines is 1. The first-order chi connectivity index (χ1) is 10.7. The van der Waals surface area contributed by atoms with E-state index in [2.05, 4.69) is 10.3 Å². The number of carbonyl (C=O) groups is 2. The first-order valence-corrected chi connectivity index (χ1v) is 8.83. The zero-order chi connectivity index (χ0) is 15.3. The highest BCUT2D eigenvalue weighted by atomic mass is 32.1. The van der Waals surface area contributed by atoms with Gasteiger partial charge >= 0.3 is 0 Å². The fourth-order valence-electron chi connectivity index (χ4n) is 4.14. The van der Waals surface area contributed by atoms with Gasteiger partial charge in [-0.15, -0.1) is 11.3 Å². The molecule has 1 N–H and O–H groups in total. The molecule has 1 aromatic heterocycles. The Balaban J connectivity index is 1.60. The molecule has 118 valence electrons. The molecule has 3 aliphatic heterocycles. The topological polar surface area (TPSA) is 65.5 Å². The molecule has 0 radical (unpaired) electrons. The summed E-state index contributed by atoms with van der Waals surface area (Å²) in [6.07, 6.45) is 4.54. The molecule has 7 heteroatoms. The quantitative estimate of drug-likeness (QED) is 0.877. The lowest BCUT2D eigenvalue weighted by Crippen LogP contribution is -2.48. The van der Waals surface area contributed by atoms with E-state index < -0.39 is 0 Å². The van der Waals surface area contributed by atoms with Gasteiger partial charge in [-0.1, -0.05) is 6.92 Å². The van der Waals surface area contributed by atoms with E-state index in [-0.39, 0.29) is 35.9 Å². The van der Waals surface area contributed by atoms with Crippen molar-refractivity contribution in [2.24, 2.45) is 5.92 Å². The Hall–Kier alpha value is -1.47. The predicted octanol–water partition coefficient (Wildman–Crippen LogP) is 0.847. The highest BCUT2D eigenvalue weighted by Crippen LogP contribution is 2.40. The van der Waals surface area contributed by atoms with Crippen LogP contribution >= 0.6 is 11.3 Å². The number of aromatic nitrogens is 1. The number of amides is 2. The molecule has 4 heterocycles. The second kappa shape index (κ2) is 5.31. The van der Waals surface area contributed by atoms with Crippen LogP contribution in [0.3, 0.4) is 0 Å². The monoisotopic (exact) mass is 320 g/mol. The van der Waals surface area contributed by atoms with Gasteiger partial charge in [0.2, 0.25) is 11.8 Å². The average Bonchev–Trinajstić information content (AvgIpc) is 3.27. The molecule has 3 saturated heterocycles. The van der Waals surface area contributed by atoms with Gasteiger partial charge in [0.05, 0.1) is 24.0 Å². The lowest BCUT2D eigenvalue weighted by molar-refractivity contribution is -0.135. The zero-order valence-electron chi connectivity index (χ0n) is 12.6. The Bertz CT molecular complexity index is 584. The third kappa shape index (κ3) is 1.99. The lowest BCUT2D eigenvalue weighted by Gasteiger charge is -2.28. The SMILES string of the molecule is C[C@@H]1C(=O)N(c2nccs2)[C@H]2CCN(C(=O)[C@@H]3CCCN3)[C@H]12. The molecule has 3 fully saturated rings. The summed E-state index contributed by atoms with van der Waals surface area (Å²) in [5, 5.41) is 5.93. The van der Waals surface area contributed by atoms with Crippen molar-refractivity contribution in [3.8, 4) is 0 Å². The Labute approximate surface area is 133 Å². The van der Waals surface area contributed by atoms with Crippen molar-refractivity contribution in [3.05, 3.63) is 11.6 Å². The summed E-state index contributed by atoms with van der Waals surface area (Å²) in [4.78, 5) is 33.5. The zero-order valence-corrected chi connectivity index (χ0v) is 13.4. The number of carbonyl (C=O) groups excluding carboxylic acids is 2. The molecule has 0 aromatic carbocycles. The van der Waals surface area contributed by atoms with E-state index in [1.807, 2.05) is 22.1 Å². The van der Waals surface area contributed by atoms with Crippen LogP contribution in [-0.4, -0.2) is 52.9 Å². The summed E-state index contributed by atoms with van der Waals surface area (Å²) in [6.45, 7) is 3.60.